The van der Waals surface area contributed by atoms with Gasteiger partial charge in [0.1, 0.15) is 5.76 Å². The number of ketones is 1. The maximum atomic E-state index is 11.9. The summed E-state index contributed by atoms with van der Waals surface area (Å²) in [4.78, 5) is 11.9. The van der Waals surface area contributed by atoms with E-state index in [9.17, 15) is 9.90 Å². The Hall–Kier alpha value is -1.35. The fourth-order valence-corrected chi connectivity index (χ4v) is 3.37. The fraction of sp³-hybridized carbons (Fsp3) is 0.650. The average molecular weight is 320 g/mol. The lowest BCUT2D eigenvalue weighted by Crippen LogP contribution is -2.32. The topological polar surface area (TPSA) is 46.5 Å². The van der Waals surface area contributed by atoms with Gasteiger partial charge in [-0.25, -0.2) is 0 Å². The number of rotatable bonds is 7. The molecule has 0 saturated carbocycles. The smallest absolute Gasteiger partial charge is 0.269 e. The van der Waals surface area contributed by atoms with Gasteiger partial charge in [0.15, 0.2) is 0 Å². The summed E-state index contributed by atoms with van der Waals surface area (Å²) in [5.74, 6) is -0.331. The minimum atomic E-state index is -1.73. The molecule has 130 valence electrons. The molecule has 0 saturated heterocycles. The predicted octanol–water partition coefficient (Wildman–Crippen LogP) is 4.92. The van der Waals surface area contributed by atoms with Crippen molar-refractivity contribution < 1.29 is 14.6 Å². The Morgan fingerprint density at radius 3 is 2.43 bits per heavy atom. The zero-order valence-electron chi connectivity index (χ0n) is 15.7. The third-order valence-corrected chi connectivity index (χ3v) is 4.31. The highest BCUT2D eigenvalue weighted by atomic mass is 16.6. The lowest BCUT2D eigenvalue weighted by Gasteiger charge is -2.17. The molecule has 1 N–H and O–H groups in total. The monoisotopic (exact) mass is 320 g/mol. The van der Waals surface area contributed by atoms with E-state index < -0.39 is 5.79 Å². The summed E-state index contributed by atoms with van der Waals surface area (Å²) in [5, 5.41) is 9.93. The third kappa shape index (κ3) is 5.35. The first kappa shape index (κ1) is 19.7. The molecule has 3 heteroatoms. The molecule has 0 aromatic heterocycles. The largest absolute Gasteiger partial charge is 0.454 e. The van der Waals surface area contributed by atoms with E-state index in [1.54, 1.807) is 6.92 Å². The molecule has 0 fully saturated rings. The first-order chi connectivity index (χ1) is 10.6. The minimum absolute atomic E-state index is 0.358. The second kappa shape index (κ2) is 7.96. The molecule has 3 nitrogen and oxygen atoms in total. The molecule has 0 amide bonds. The number of aliphatic hydroxyl groups is 1. The lowest BCUT2D eigenvalue weighted by molar-refractivity contribution is -0.169. The second-order valence-electron chi connectivity index (χ2n) is 7.21. The van der Waals surface area contributed by atoms with Gasteiger partial charge in [-0.1, -0.05) is 51.3 Å². The number of hydrogen-bond acceptors (Lipinski definition) is 3. The van der Waals surface area contributed by atoms with Crippen LogP contribution < -0.4 is 0 Å². The Labute approximate surface area is 141 Å². The van der Waals surface area contributed by atoms with Crippen LogP contribution in [-0.4, -0.2) is 16.7 Å². The first-order valence-corrected chi connectivity index (χ1v) is 8.62. The van der Waals surface area contributed by atoms with Crippen molar-refractivity contribution in [3.05, 3.63) is 34.6 Å². The Morgan fingerprint density at radius 1 is 1.35 bits per heavy atom. The van der Waals surface area contributed by atoms with Crippen molar-refractivity contribution in [3.8, 4) is 0 Å². The van der Waals surface area contributed by atoms with Crippen molar-refractivity contribution in [1.82, 2.24) is 0 Å². The molecule has 1 aliphatic heterocycles. The van der Waals surface area contributed by atoms with E-state index in [4.69, 9.17) is 4.74 Å². The van der Waals surface area contributed by atoms with Crippen LogP contribution >= 0.6 is 0 Å². The summed E-state index contributed by atoms with van der Waals surface area (Å²) in [6.07, 6.45) is 7.97. The van der Waals surface area contributed by atoms with E-state index in [1.807, 2.05) is 13.0 Å². The molecule has 23 heavy (non-hydrogen) atoms. The number of hydrogen-bond donors (Lipinski definition) is 1. The summed E-state index contributed by atoms with van der Waals surface area (Å²) in [5.41, 5.74) is 2.51. The lowest BCUT2D eigenvalue weighted by atomic mass is 9.92. The van der Waals surface area contributed by atoms with Gasteiger partial charge in [0.2, 0.25) is 5.78 Å². The molecule has 0 radical (unpaired) electrons. The zero-order chi connectivity index (χ0) is 17.8. The molecule has 1 aliphatic rings. The molecule has 1 rings (SSSR count). The van der Waals surface area contributed by atoms with Crippen LogP contribution in [0.25, 0.3) is 0 Å². The van der Waals surface area contributed by atoms with Gasteiger partial charge in [-0.2, -0.15) is 0 Å². The summed E-state index contributed by atoms with van der Waals surface area (Å²) in [6.45, 7) is 13.8. The third-order valence-electron chi connectivity index (χ3n) is 4.31. The van der Waals surface area contributed by atoms with E-state index in [2.05, 4.69) is 33.8 Å². The molecular formula is C20H32O3. The normalized spacial score (nSPS) is 25.7. The maximum absolute atomic E-state index is 11.9. The number of allylic oxidation sites excluding steroid dienone is 4. The van der Waals surface area contributed by atoms with E-state index in [1.165, 1.54) is 26.2 Å². The number of carbonyl (C=O) groups excluding carboxylic acids is 1. The van der Waals surface area contributed by atoms with Crippen LogP contribution in [0.4, 0.5) is 0 Å². The van der Waals surface area contributed by atoms with Crippen LogP contribution in [0.5, 0.6) is 0 Å². The Kier molecular flexibility index (Phi) is 6.82. The SMILES string of the molecule is CCC[C@@H](C)C[C@@H](C)/C=C(C)/C=C(/C)C1=C(C)C(=O)C(C)(O)O1. The van der Waals surface area contributed by atoms with Crippen molar-refractivity contribution in [2.75, 3.05) is 0 Å². The van der Waals surface area contributed by atoms with Gasteiger partial charge in [0.05, 0.1) is 0 Å². The highest BCUT2D eigenvalue weighted by Gasteiger charge is 2.42. The quantitative estimate of drug-likeness (QED) is 0.677. The van der Waals surface area contributed by atoms with Crippen LogP contribution in [0.15, 0.2) is 34.6 Å². The molecule has 0 aromatic carbocycles. The van der Waals surface area contributed by atoms with E-state index in [-0.39, 0.29) is 5.78 Å². The zero-order valence-corrected chi connectivity index (χ0v) is 15.7. The first-order valence-electron chi connectivity index (χ1n) is 8.62. The van der Waals surface area contributed by atoms with E-state index in [0.29, 0.717) is 17.3 Å². The molecule has 0 aliphatic carbocycles. The summed E-state index contributed by atoms with van der Waals surface area (Å²) in [7, 11) is 0. The highest BCUT2D eigenvalue weighted by Crippen LogP contribution is 2.33. The predicted molar refractivity (Wildman–Crippen MR) is 94.8 cm³/mol. The standard InChI is InChI=1S/C20H32O3/c1-8-9-13(2)10-14(3)11-15(4)12-16(5)18-17(6)19(21)20(7,22)23-18/h11-14,22H,8-10H2,1-7H3/b15-11+,16-12-/t13-,14-,20?/m1/s1. The Morgan fingerprint density at radius 2 is 1.96 bits per heavy atom. The number of carbonyl (C=O) groups is 1. The molecular weight excluding hydrogens is 288 g/mol. The van der Waals surface area contributed by atoms with Crippen LogP contribution in [0.2, 0.25) is 0 Å². The van der Waals surface area contributed by atoms with Crippen molar-refractivity contribution in [1.29, 1.82) is 0 Å². The molecule has 0 aromatic rings. The van der Waals surface area contributed by atoms with Crippen molar-refractivity contribution in [2.45, 2.75) is 73.5 Å². The van der Waals surface area contributed by atoms with Gasteiger partial charge in [0.25, 0.3) is 5.79 Å². The van der Waals surface area contributed by atoms with Crippen molar-refractivity contribution >= 4 is 5.78 Å². The Bertz CT molecular complexity index is 535. The molecule has 0 bridgehead atoms. The van der Waals surface area contributed by atoms with Gasteiger partial charge in [-0.3, -0.25) is 4.79 Å². The summed E-state index contributed by atoms with van der Waals surface area (Å²) < 4.78 is 5.43. The van der Waals surface area contributed by atoms with Crippen LogP contribution in [0, 0.1) is 11.8 Å². The van der Waals surface area contributed by atoms with Crippen LogP contribution in [0.3, 0.4) is 0 Å². The molecule has 1 heterocycles. The van der Waals surface area contributed by atoms with Gasteiger partial charge in [-0.05, 0) is 44.6 Å². The second-order valence-corrected chi connectivity index (χ2v) is 7.21. The Balaban J connectivity index is 2.82. The van der Waals surface area contributed by atoms with E-state index >= 15 is 0 Å². The average Bonchev–Trinajstić information content (AvgIpc) is 2.62. The highest BCUT2D eigenvalue weighted by molar-refractivity contribution is 6.03. The minimum Gasteiger partial charge on any atom is -0.454 e. The van der Waals surface area contributed by atoms with Crippen LogP contribution in [0.1, 0.15) is 67.7 Å². The summed E-state index contributed by atoms with van der Waals surface area (Å²) >= 11 is 0. The van der Waals surface area contributed by atoms with Gasteiger partial charge >= 0.3 is 0 Å². The summed E-state index contributed by atoms with van der Waals surface area (Å²) in [6, 6.07) is 0. The van der Waals surface area contributed by atoms with Crippen molar-refractivity contribution in [2.24, 2.45) is 11.8 Å². The maximum Gasteiger partial charge on any atom is 0.269 e. The van der Waals surface area contributed by atoms with Gasteiger partial charge < -0.3 is 9.84 Å². The molecule has 1 unspecified atom stereocenters. The van der Waals surface area contributed by atoms with E-state index in [0.717, 1.165) is 17.1 Å². The molecule has 0 spiro atoms. The number of Topliss-reactive ketones (excluding diaryl/α,β-unsaturated/α-hetero) is 1. The van der Waals surface area contributed by atoms with Gasteiger partial charge in [0, 0.05) is 12.5 Å². The van der Waals surface area contributed by atoms with Crippen LogP contribution in [-0.2, 0) is 9.53 Å². The fourth-order valence-electron chi connectivity index (χ4n) is 3.37. The number of ether oxygens (including phenoxy) is 1. The van der Waals surface area contributed by atoms with Gasteiger partial charge in [-0.15, -0.1) is 0 Å². The molecule has 3 atom stereocenters. The van der Waals surface area contributed by atoms with Crippen molar-refractivity contribution in [3.63, 3.8) is 0 Å².